The second-order valence-electron chi connectivity index (χ2n) is 8.32. The molecule has 0 radical (unpaired) electrons. The summed E-state index contributed by atoms with van der Waals surface area (Å²) >= 11 is 0. The Morgan fingerprint density at radius 1 is 0.868 bits per heavy atom. The van der Waals surface area contributed by atoms with Gasteiger partial charge in [0.25, 0.3) is 0 Å². The van der Waals surface area contributed by atoms with Crippen LogP contribution >= 0.6 is 0 Å². The highest BCUT2D eigenvalue weighted by molar-refractivity contribution is 7.89. The number of nitrogens with zero attached hydrogens (tertiary/aromatic N) is 1. The Kier molecular flexibility index (Phi) is 10.3. The molecule has 0 atom stereocenters. The molecular weight excluding hydrogens is 508 g/mol. The number of sulfonamides is 1. The Hall–Kier alpha value is -3.89. The molecule has 1 amide bonds. The number of ether oxygens (including phenoxy) is 3. The van der Waals surface area contributed by atoms with Gasteiger partial charge in [-0.15, -0.1) is 0 Å². The third-order valence-corrected chi connectivity index (χ3v) is 7.54. The molecule has 202 valence electrons. The van der Waals surface area contributed by atoms with Crippen molar-refractivity contribution in [2.45, 2.75) is 24.7 Å². The van der Waals surface area contributed by atoms with E-state index in [-0.39, 0.29) is 29.6 Å². The molecule has 1 N–H and O–H groups in total. The lowest BCUT2D eigenvalue weighted by atomic mass is 10.1. The third kappa shape index (κ3) is 7.80. The van der Waals surface area contributed by atoms with Crippen LogP contribution in [0.3, 0.4) is 0 Å². The van der Waals surface area contributed by atoms with Gasteiger partial charge >= 0.3 is 5.97 Å². The SMILES string of the molecule is CCOC(=O)Cc1ccc(NC(=O)CN(CCc2ccccc2)S(=O)(=O)c2ccc(OC)c(OC)c2)cc1. The van der Waals surface area contributed by atoms with Gasteiger partial charge in [-0.05, 0) is 48.7 Å². The monoisotopic (exact) mass is 540 g/mol. The van der Waals surface area contributed by atoms with Crippen molar-refractivity contribution in [1.82, 2.24) is 4.31 Å². The van der Waals surface area contributed by atoms with Crippen molar-refractivity contribution in [3.63, 3.8) is 0 Å². The summed E-state index contributed by atoms with van der Waals surface area (Å²) in [5, 5.41) is 2.73. The standard InChI is InChI=1S/C28H32N2O7S/c1-4-37-28(32)18-22-10-12-23(13-11-22)29-27(31)20-30(17-16-21-8-6-5-7-9-21)38(33,34)24-14-15-25(35-2)26(19-24)36-3/h5-15,19H,4,16-18,20H2,1-3H3,(H,29,31). The average molecular weight is 541 g/mol. The van der Waals surface area contributed by atoms with Gasteiger partial charge < -0.3 is 19.5 Å². The van der Waals surface area contributed by atoms with Crippen molar-refractivity contribution in [3.8, 4) is 11.5 Å². The minimum Gasteiger partial charge on any atom is -0.493 e. The molecule has 10 heteroatoms. The molecule has 0 saturated heterocycles. The minimum atomic E-state index is -4.06. The Balaban J connectivity index is 1.78. The van der Waals surface area contributed by atoms with E-state index in [1.165, 1.54) is 32.4 Å². The molecule has 0 bridgehead atoms. The number of anilines is 1. The van der Waals surface area contributed by atoms with Crippen LogP contribution in [-0.2, 0) is 37.2 Å². The number of rotatable bonds is 13. The molecule has 0 aromatic heterocycles. The molecule has 9 nitrogen and oxygen atoms in total. The van der Waals surface area contributed by atoms with Crippen LogP contribution in [0.5, 0.6) is 11.5 Å². The molecule has 0 spiro atoms. The van der Waals surface area contributed by atoms with Gasteiger partial charge in [0, 0.05) is 18.3 Å². The normalized spacial score (nSPS) is 11.2. The van der Waals surface area contributed by atoms with Crippen LogP contribution in [0.4, 0.5) is 5.69 Å². The Morgan fingerprint density at radius 3 is 2.18 bits per heavy atom. The lowest BCUT2D eigenvalue weighted by Crippen LogP contribution is -2.39. The molecule has 0 heterocycles. The molecule has 0 unspecified atom stereocenters. The third-order valence-electron chi connectivity index (χ3n) is 5.70. The van der Waals surface area contributed by atoms with Crippen molar-refractivity contribution in [1.29, 1.82) is 0 Å². The summed E-state index contributed by atoms with van der Waals surface area (Å²) in [6.45, 7) is 1.74. The number of amides is 1. The topological polar surface area (TPSA) is 111 Å². The maximum atomic E-state index is 13.6. The van der Waals surface area contributed by atoms with Gasteiger partial charge in [-0.2, -0.15) is 4.31 Å². The van der Waals surface area contributed by atoms with Crippen LogP contribution in [0.15, 0.2) is 77.7 Å². The quantitative estimate of drug-likeness (QED) is 0.329. The number of methoxy groups -OCH3 is 2. The lowest BCUT2D eigenvalue weighted by molar-refractivity contribution is -0.142. The summed E-state index contributed by atoms with van der Waals surface area (Å²) in [5.74, 6) is -0.172. The van der Waals surface area contributed by atoms with Crippen molar-refractivity contribution in [2.75, 3.05) is 39.2 Å². The van der Waals surface area contributed by atoms with Gasteiger partial charge in [0.15, 0.2) is 11.5 Å². The Bertz CT molecular complexity index is 1330. The highest BCUT2D eigenvalue weighted by Gasteiger charge is 2.28. The van der Waals surface area contributed by atoms with Gasteiger partial charge in [0.2, 0.25) is 15.9 Å². The summed E-state index contributed by atoms with van der Waals surface area (Å²) in [6.07, 6.45) is 0.544. The van der Waals surface area contributed by atoms with Gasteiger partial charge in [0.1, 0.15) is 0 Å². The second kappa shape index (κ2) is 13.6. The number of carbonyl (C=O) groups is 2. The number of hydrogen-bond acceptors (Lipinski definition) is 7. The first-order valence-corrected chi connectivity index (χ1v) is 13.5. The van der Waals surface area contributed by atoms with E-state index in [2.05, 4.69) is 5.32 Å². The van der Waals surface area contributed by atoms with Crippen LogP contribution in [-0.4, -0.2) is 58.5 Å². The Morgan fingerprint density at radius 2 is 1.55 bits per heavy atom. The number of benzene rings is 3. The van der Waals surface area contributed by atoms with Crippen molar-refractivity contribution >= 4 is 27.6 Å². The van der Waals surface area contributed by atoms with Gasteiger partial charge in [-0.3, -0.25) is 9.59 Å². The highest BCUT2D eigenvalue weighted by atomic mass is 32.2. The molecule has 38 heavy (non-hydrogen) atoms. The van der Waals surface area contributed by atoms with Crippen molar-refractivity contribution in [3.05, 3.63) is 83.9 Å². The molecule has 0 saturated carbocycles. The van der Waals surface area contributed by atoms with E-state index in [9.17, 15) is 18.0 Å². The van der Waals surface area contributed by atoms with Crippen molar-refractivity contribution < 1.29 is 32.2 Å². The summed E-state index contributed by atoms with van der Waals surface area (Å²) in [5.41, 5.74) is 2.16. The fraction of sp³-hybridized carbons (Fsp3) is 0.286. The zero-order valence-electron chi connectivity index (χ0n) is 21.7. The van der Waals surface area contributed by atoms with Crippen LogP contribution < -0.4 is 14.8 Å². The Labute approximate surface area is 223 Å². The summed E-state index contributed by atoms with van der Waals surface area (Å²) in [7, 11) is -1.17. The smallest absolute Gasteiger partial charge is 0.310 e. The first kappa shape index (κ1) is 28.7. The number of carbonyl (C=O) groups excluding carboxylic acids is 2. The molecular formula is C28H32N2O7S. The van der Waals surface area contributed by atoms with Crippen LogP contribution in [0.25, 0.3) is 0 Å². The maximum absolute atomic E-state index is 13.6. The first-order valence-electron chi connectivity index (χ1n) is 12.1. The lowest BCUT2D eigenvalue weighted by Gasteiger charge is -2.22. The van der Waals surface area contributed by atoms with Gasteiger partial charge in [0.05, 0.1) is 38.7 Å². The molecule has 0 aliphatic heterocycles. The highest BCUT2D eigenvalue weighted by Crippen LogP contribution is 2.30. The molecule has 0 aliphatic rings. The van der Waals surface area contributed by atoms with E-state index in [0.29, 0.717) is 24.5 Å². The zero-order chi connectivity index (χ0) is 27.5. The number of nitrogens with one attached hydrogen (secondary N) is 1. The van der Waals surface area contributed by atoms with Gasteiger partial charge in [-0.25, -0.2) is 8.42 Å². The number of hydrogen-bond donors (Lipinski definition) is 1. The molecule has 0 aliphatic carbocycles. The van der Waals surface area contributed by atoms with E-state index in [4.69, 9.17) is 14.2 Å². The summed E-state index contributed by atoms with van der Waals surface area (Å²) in [6, 6.07) is 20.5. The van der Waals surface area contributed by atoms with E-state index in [1.54, 1.807) is 31.2 Å². The average Bonchev–Trinajstić information content (AvgIpc) is 2.92. The predicted octanol–water partition coefficient (Wildman–Crippen LogP) is 3.68. The van der Waals surface area contributed by atoms with Gasteiger partial charge in [-0.1, -0.05) is 42.5 Å². The predicted molar refractivity (Wildman–Crippen MR) is 144 cm³/mol. The number of esters is 1. The first-order chi connectivity index (χ1) is 18.3. The zero-order valence-corrected chi connectivity index (χ0v) is 22.5. The van der Waals surface area contributed by atoms with E-state index >= 15 is 0 Å². The summed E-state index contributed by atoms with van der Waals surface area (Å²) < 4.78 is 43.8. The van der Waals surface area contributed by atoms with E-state index in [0.717, 1.165) is 15.4 Å². The van der Waals surface area contributed by atoms with Crippen LogP contribution in [0, 0.1) is 0 Å². The van der Waals surface area contributed by atoms with Crippen LogP contribution in [0.1, 0.15) is 18.1 Å². The molecule has 0 fully saturated rings. The summed E-state index contributed by atoms with van der Waals surface area (Å²) in [4.78, 5) is 24.6. The molecule has 3 aromatic rings. The van der Waals surface area contributed by atoms with Crippen molar-refractivity contribution in [2.24, 2.45) is 0 Å². The molecule has 3 aromatic carbocycles. The maximum Gasteiger partial charge on any atom is 0.310 e. The second-order valence-corrected chi connectivity index (χ2v) is 10.3. The van der Waals surface area contributed by atoms with E-state index in [1.807, 2.05) is 30.3 Å². The molecule has 3 rings (SSSR count). The van der Waals surface area contributed by atoms with Crippen LogP contribution in [0.2, 0.25) is 0 Å². The fourth-order valence-corrected chi connectivity index (χ4v) is 5.17. The fourth-order valence-electron chi connectivity index (χ4n) is 3.75. The largest absolute Gasteiger partial charge is 0.493 e. The van der Waals surface area contributed by atoms with E-state index < -0.39 is 22.5 Å². The minimum absolute atomic E-state index is 0.0145.